The van der Waals surface area contributed by atoms with Gasteiger partial charge in [0.05, 0.1) is 13.2 Å². The summed E-state index contributed by atoms with van der Waals surface area (Å²) in [6.45, 7) is 2.12. The number of fused-ring (bicyclic) bond motifs is 1. The lowest BCUT2D eigenvalue weighted by Crippen LogP contribution is -2.36. The first-order valence-corrected chi connectivity index (χ1v) is 8.94. The fourth-order valence-electron chi connectivity index (χ4n) is 2.75. The Morgan fingerprint density at radius 1 is 1.00 bits per heavy atom. The number of anilines is 1. The summed E-state index contributed by atoms with van der Waals surface area (Å²) >= 11 is 0. The molecule has 0 fully saturated rings. The van der Waals surface area contributed by atoms with Crippen LogP contribution in [-0.4, -0.2) is 29.5 Å². The second-order valence-electron chi connectivity index (χ2n) is 6.12. The number of pyridine rings is 1. The normalized spacial score (nSPS) is 10.5. The summed E-state index contributed by atoms with van der Waals surface area (Å²) in [7, 11) is 0. The molecule has 0 radical (unpaired) electrons. The molecule has 0 aliphatic heterocycles. The van der Waals surface area contributed by atoms with Gasteiger partial charge in [0.15, 0.2) is 0 Å². The largest absolute Gasteiger partial charge is 0.494 e. The Balaban J connectivity index is 1.53. The number of nitrogens with zero attached hydrogens (tertiary/aromatic N) is 1. The minimum atomic E-state index is -0.417. The van der Waals surface area contributed by atoms with Crippen LogP contribution in [0.4, 0.5) is 5.69 Å². The Morgan fingerprint density at radius 2 is 1.75 bits per heavy atom. The van der Waals surface area contributed by atoms with Crippen molar-refractivity contribution < 1.29 is 14.3 Å². The zero-order valence-corrected chi connectivity index (χ0v) is 15.5. The molecule has 0 aliphatic rings. The summed E-state index contributed by atoms with van der Waals surface area (Å²) in [6, 6.07) is 15.9. The molecule has 0 aliphatic carbocycles. The van der Waals surface area contributed by atoms with Crippen LogP contribution in [-0.2, 0) is 16.1 Å². The lowest BCUT2D eigenvalue weighted by atomic mass is 10.2. The van der Waals surface area contributed by atoms with Crippen LogP contribution in [0.2, 0.25) is 0 Å². The highest BCUT2D eigenvalue weighted by atomic mass is 16.5. The Hall–Kier alpha value is -3.61. The van der Waals surface area contributed by atoms with Gasteiger partial charge in [-0.05, 0) is 48.7 Å². The number of amides is 2. The van der Waals surface area contributed by atoms with Gasteiger partial charge in [0, 0.05) is 17.3 Å². The molecule has 1 heterocycles. The van der Waals surface area contributed by atoms with Gasteiger partial charge in [0.1, 0.15) is 12.3 Å². The predicted molar refractivity (Wildman–Crippen MR) is 107 cm³/mol. The Bertz CT molecular complexity index is 1040. The highest BCUT2D eigenvalue weighted by Crippen LogP contribution is 2.15. The summed E-state index contributed by atoms with van der Waals surface area (Å²) < 4.78 is 6.66. The Morgan fingerprint density at radius 3 is 2.50 bits per heavy atom. The van der Waals surface area contributed by atoms with Crippen LogP contribution in [0.5, 0.6) is 5.75 Å². The monoisotopic (exact) mass is 379 g/mol. The minimum absolute atomic E-state index is 0.153. The van der Waals surface area contributed by atoms with Crippen molar-refractivity contribution in [2.24, 2.45) is 0 Å². The number of ether oxygens (including phenoxy) is 1. The van der Waals surface area contributed by atoms with Crippen molar-refractivity contribution in [2.45, 2.75) is 13.5 Å². The van der Waals surface area contributed by atoms with Crippen molar-refractivity contribution in [3.63, 3.8) is 0 Å². The van der Waals surface area contributed by atoms with Crippen molar-refractivity contribution in [2.75, 3.05) is 18.5 Å². The van der Waals surface area contributed by atoms with Crippen LogP contribution in [0.3, 0.4) is 0 Å². The molecule has 28 heavy (non-hydrogen) atoms. The van der Waals surface area contributed by atoms with Gasteiger partial charge in [-0.2, -0.15) is 0 Å². The molecular weight excluding hydrogens is 358 g/mol. The molecule has 0 saturated heterocycles. The smallest absolute Gasteiger partial charge is 0.258 e. The van der Waals surface area contributed by atoms with E-state index >= 15 is 0 Å². The van der Waals surface area contributed by atoms with Crippen molar-refractivity contribution in [1.29, 1.82) is 0 Å². The van der Waals surface area contributed by atoms with E-state index in [2.05, 4.69) is 10.6 Å². The van der Waals surface area contributed by atoms with Crippen molar-refractivity contribution in [1.82, 2.24) is 9.88 Å². The van der Waals surface area contributed by atoms with E-state index < -0.39 is 5.91 Å². The molecule has 0 saturated carbocycles. The Kier molecular flexibility index (Phi) is 6.06. The van der Waals surface area contributed by atoms with Gasteiger partial charge in [-0.1, -0.05) is 18.2 Å². The number of nitrogens with one attached hydrogen (secondary N) is 2. The topological polar surface area (TPSA) is 89.4 Å². The van der Waals surface area contributed by atoms with E-state index in [1.807, 2.05) is 19.1 Å². The lowest BCUT2D eigenvalue weighted by molar-refractivity contribution is -0.124. The van der Waals surface area contributed by atoms with Gasteiger partial charge < -0.3 is 19.9 Å². The van der Waals surface area contributed by atoms with Gasteiger partial charge >= 0.3 is 0 Å². The first-order chi connectivity index (χ1) is 13.6. The maximum absolute atomic E-state index is 12.4. The van der Waals surface area contributed by atoms with Crippen LogP contribution in [0.1, 0.15) is 6.92 Å². The predicted octanol–water partition coefficient (Wildman–Crippen LogP) is 2.16. The number of benzene rings is 2. The van der Waals surface area contributed by atoms with Gasteiger partial charge in [-0.25, -0.2) is 0 Å². The number of carbonyl (C=O) groups excluding carboxylic acids is 2. The standard InChI is InChI=1S/C21H21N3O4/c1-2-28-17-9-7-16(8-10-17)23-19(25)13-22-20(26)14-24-12-11-15-5-3-4-6-18(15)21(24)27/h3-12H,2,13-14H2,1H3,(H,22,26)(H,23,25). The van der Waals surface area contributed by atoms with Gasteiger partial charge in [-0.3, -0.25) is 14.4 Å². The fraction of sp³-hybridized carbons (Fsp3) is 0.190. The van der Waals surface area contributed by atoms with Crippen LogP contribution in [0, 0.1) is 0 Å². The van der Waals surface area contributed by atoms with E-state index in [0.29, 0.717) is 17.7 Å². The molecule has 3 aromatic rings. The SMILES string of the molecule is CCOc1ccc(NC(=O)CNC(=O)Cn2ccc3ccccc3c2=O)cc1. The second kappa shape index (κ2) is 8.85. The Labute approximate surface area is 161 Å². The van der Waals surface area contributed by atoms with Crippen LogP contribution >= 0.6 is 0 Å². The van der Waals surface area contributed by atoms with Crippen molar-refractivity contribution >= 4 is 28.3 Å². The van der Waals surface area contributed by atoms with E-state index in [0.717, 1.165) is 11.1 Å². The molecule has 0 atom stereocenters. The zero-order chi connectivity index (χ0) is 19.9. The average Bonchev–Trinajstić information content (AvgIpc) is 2.70. The molecule has 144 valence electrons. The molecule has 7 heteroatoms. The number of aromatic nitrogens is 1. The van der Waals surface area contributed by atoms with Crippen molar-refractivity contribution in [3.8, 4) is 5.75 Å². The molecule has 3 rings (SSSR count). The zero-order valence-electron chi connectivity index (χ0n) is 15.5. The van der Waals surface area contributed by atoms with E-state index in [-0.39, 0.29) is 24.6 Å². The quantitative estimate of drug-likeness (QED) is 0.658. The molecular formula is C21H21N3O4. The molecule has 2 aromatic carbocycles. The molecule has 0 spiro atoms. The molecule has 0 bridgehead atoms. The van der Waals surface area contributed by atoms with Crippen molar-refractivity contribution in [3.05, 3.63) is 71.1 Å². The molecule has 1 aromatic heterocycles. The van der Waals surface area contributed by atoms with Gasteiger partial charge in [0.25, 0.3) is 5.56 Å². The third-order valence-corrected chi connectivity index (χ3v) is 4.10. The summed E-state index contributed by atoms with van der Waals surface area (Å²) in [5.41, 5.74) is 0.362. The lowest BCUT2D eigenvalue weighted by Gasteiger charge is -2.09. The number of carbonyl (C=O) groups is 2. The van der Waals surface area contributed by atoms with Crippen LogP contribution < -0.4 is 20.9 Å². The van der Waals surface area contributed by atoms with E-state index in [1.54, 1.807) is 48.7 Å². The number of hydrogen-bond acceptors (Lipinski definition) is 4. The molecule has 2 amide bonds. The maximum Gasteiger partial charge on any atom is 0.258 e. The second-order valence-corrected chi connectivity index (χ2v) is 6.12. The molecule has 0 unspecified atom stereocenters. The molecule has 7 nitrogen and oxygen atoms in total. The van der Waals surface area contributed by atoms with Gasteiger partial charge in [0.2, 0.25) is 11.8 Å². The fourth-order valence-corrected chi connectivity index (χ4v) is 2.75. The number of hydrogen-bond donors (Lipinski definition) is 2. The van der Waals surface area contributed by atoms with Crippen LogP contribution in [0.15, 0.2) is 65.6 Å². The molecule has 2 N–H and O–H groups in total. The maximum atomic E-state index is 12.4. The summed E-state index contributed by atoms with van der Waals surface area (Å²) in [6.07, 6.45) is 1.57. The van der Waals surface area contributed by atoms with E-state index in [9.17, 15) is 14.4 Å². The highest BCUT2D eigenvalue weighted by molar-refractivity contribution is 5.94. The van der Waals surface area contributed by atoms with Gasteiger partial charge in [-0.15, -0.1) is 0 Å². The summed E-state index contributed by atoms with van der Waals surface area (Å²) in [4.78, 5) is 36.5. The summed E-state index contributed by atoms with van der Waals surface area (Å²) in [5, 5.41) is 6.58. The third-order valence-electron chi connectivity index (χ3n) is 4.10. The van der Waals surface area contributed by atoms with E-state index in [1.165, 1.54) is 4.57 Å². The number of rotatable bonds is 7. The first-order valence-electron chi connectivity index (χ1n) is 8.94. The average molecular weight is 379 g/mol. The minimum Gasteiger partial charge on any atom is -0.494 e. The first kappa shape index (κ1) is 19.2. The highest BCUT2D eigenvalue weighted by Gasteiger charge is 2.09. The summed E-state index contributed by atoms with van der Waals surface area (Å²) in [5.74, 6) is -0.0581. The van der Waals surface area contributed by atoms with Crippen LogP contribution in [0.25, 0.3) is 10.8 Å². The van der Waals surface area contributed by atoms with E-state index in [4.69, 9.17) is 4.74 Å². The third kappa shape index (κ3) is 4.76.